The second-order valence-electron chi connectivity index (χ2n) is 9.78. The van der Waals surface area contributed by atoms with Gasteiger partial charge in [-0.15, -0.1) is 11.8 Å². The third-order valence-corrected chi connectivity index (χ3v) is 7.54. The number of hydrogen-bond acceptors (Lipinski definition) is 4. The fourth-order valence-corrected chi connectivity index (χ4v) is 5.44. The second-order valence-corrected chi connectivity index (χ2v) is 11.3. The summed E-state index contributed by atoms with van der Waals surface area (Å²) in [5.74, 6) is 1.24. The highest BCUT2D eigenvalue weighted by molar-refractivity contribution is 8.00. The van der Waals surface area contributed by atoms with Crippen molar-refractivity contribution >= 4 is 35.2 Å². The molecule has 3 aromatic rings. The first-order valence-corrected chi connectivity index (χ1v) is 13.4. The molecule has 5 nitrogen and oxygen atoms in total. The fraction of sp³-hybridized carbons (Fsp3) is 0.310. The highest BCUT2D eigenvalue weighted by Gasteiger charge is 2.32. The summed E-state index contributed by atoms with van der Waals surface area (Å²) >= 11 is 7.59. The number of thioether (sulfide) groups is 1. The zero-order valence-electron chi connectivity index (χ0n) is 20.8. The first-order valence-electron chi connectivity index (χ1n) is 12.0. The Hall–Kier alpha value is -2.96. The number of hydrogen-bond donors (Lipinski definition) is 1. The molecule has 1 aliphatic heterocycles. The van der Waals surface area contributed by atoms with Gasteiger partial charge in [-0.3, -0.25) is 9.59 Å². The van der Waals surface area contributed by atoms with Crippen molar-refractivity contribution in [3.63, 3.8) is 0 Å². The van der Waals surface area contributed by atoms with Crippen LogP contribution in [0, 0.1) is 0 Å². The molecule has 0 saturated carbocycles. The smallest absolute Gasteiger partial charge is 0.251 e. The average Bonchev–Trinajstić information content (AvgIpc) is 3.22. The first kappa shape index (κ1) is 26.1. The van der Waals surface area contributed by atoms with E-state index in [1.807, 2.05) is 71.6 Å². The molecule has 7 heteroatoms. The van der Waals surface area contributed by atoms with Gasteiger partial charge in [0, 0.05) is 17.1 Å². The van der Waals surface area contributed by atoms with Gasteiger partial charge in [0.05, 0.1) is 12.3 Å². The molecule has 36 heavy (non-hydrogen) atoms. The number of ether oxygens (including phenoxy) is 1. The van der Waals surface area contributed by atoms with Crippen LogP contribution in [0.15, 0.2) is 72.8 Å². The van der Waals surface area contributed by atoms with E-state index in [-0.39, 0.29) is 22.6 Å². The monoisotopic (exact) mass is 522 g/mol. The molecule has 0 spiro atoms. The fourth-order valence-electron chi connectivity index (χ4n) is 4.13. The molecular formula is C29H31ClN2O3S. The predicted octanol–water partition coefficient (Wildman–Crippen LogP) is 6.22. The van der Waals surface area contributed by atoms with Crippen LogP contribution in [0.5, 0.6) is 5.75 Å². The van der Waals surface area contributed by atoms with Crippen LogP contribution in [-0.2, 0) is 16.8 Å². The van der Waals surface area contributed by atoms with Gasteiger partial charge in [0.1, 0.15) is 17.7 Å². The molecule has 188 valence electrons. The lowest BCUT2D eigenvalue weighted by molar-refractivity contribution is -0.128. The van der Waals surface area contributed by atoms with Crippen LogP contribution >= 0.6 is 23.4 Å². The van der Waals surface area contributed by atoms with Gasteiger partial charge >= 0.3 is 0 Å². The lowest BCUT2D eigenvalue weighted by Crippen LogP contribution is -2.29. The molecular weight excluding hydrogens is 492 g/mol. The van der Waals surface area contributed by atoms with Gasteiger partial charge in [-0.1, -0.05) is 74.8 Å². The Bertz CT molecular complexity index is 1210. The number of rotatable bonds is 8. The number of amides is 2. The lowest BCUT2D eigenvalue weighted by atomic mass is 9.86. The van der Waals surface area contributed by atoms with Crippen molar-refractivity contribution in [2.45, 2.75) is 38.1 Å². The van der Waals surface area contributed by atoms with Gasteiger partial charge < -0.3 is 15.0 Å². The third kappa shape index (κ3) is 6.42. The topological polar surface area (TPSA) is 58.6 Å². The molecule has 1 atom stereocenters. The van der Waals surface area contributed by atoms with E-state index in [2.05, 4.69) is 32.2 Å². The Morgan fingerprint density at radius 1 is 1.06 bits per heavy atom. The SMILES string of the molecule is CC(C)(C)c1ccccc1OCCNC(=O)c1ccc(C2SCC(=O)N2Cc2ccc(Cl)cc2)cc1. The molecule has 1 aliphatic rings. The van der Waals surface area contributed by atoms with E-state index >= 15 is 0 Å². The number of halogens is 1. The largest absolute Gasteiger partial charge is 0.491 e. The minimum atomic E-state index is -0.151. The first-order chi connectivity index (χ1) is 17.2. The summed E-state index contributed by atoms with van der Waals surface area (Å²) in [4.78, 5) is 27.1. The Balaban J connectivity index is 1.32. The quantitative estimate of drug-likeness (QED) is 0.357. The molecule has 0 bridgehead atoms. The van der Waals surface area contributed by atoms with Crippen LogP contribution in [-0.4, -0.2) is 35.6 Å². The van der Waals surface area contributed by atoms with Crippen molar-refractivity contribution in [1.29, 1.82) is 0 Å². The van der Waals surface area contributed by atoms with Crippen molar-refractivity contribution in [1.82, 2.24) is 10.2 Å². The molecule has 0 radical (unpaired) electrons. The maximum Gasteiger partial charge on any atom is 0.251 e. The molecule has 1 heterocycles. The van der Waals surface area contributed by atoms with E-state index in [1.54, 1.807) is 11.8 Å². The van der Waals surface area contributed by atoms with Crippen LogP contribution in [0.25, 0.3) is 0 Å². The van der Waals surface area contributed by atoms with E-state index in [4.69, 9.17) is 16.3 Å². The van der Waals surface area contributed by atoms with Crippen molar-refractivity contribution in [3.05, 3.63) is 100 Å². The molecule has 0 aliphatic carbocycles. The summed E-state index contributed by atoms with van der Waals surface area (Å²) in [6.07, 6.45) is 0. The van der Waals surface area contributed by atoms with Crippen molar-refractivity contribution < 1.29 is 14.3 Å². The normalized spacial score (nSPS) is 15.7. The van der Waals surface area contributed by atoms with Gasteiger partial charge in [0.15, 0.2) is 0 Å². The van der Waals surface area contributed by atoms with Gasteiger partial charge in [0.25, 0.3) is 5.91 Å². The minimum Gasteiger partial charge on any atom is -0.491 e. The number of benzene rings is 3. The van der Waals surface area contributed by atoms with Gasteiger partial charge in [-0.2, -0.15) is 0 Å². The minimum absolute atomic E-state index is 0.0196. The van der Waals surface area contributed by atoms with Crippen LogP contribution in [0.4, 0.5) is 0 Å². The summed E-state index contributed by atoms with van der Waals surface area (Å²) in [6, 6.07) is 23.0. The zero-order valence-corrected chi connectivity index (χ0v) is 22.4. The van der Waals surface area contributed by atoms with Crippen LogP contribution in [0.1, 0.15) is 53.2 Å². The Labute approximate surface area is 222 Å². The van der Waals surface area contributed by atoms with Crippen molar-refractivity contribution in [2.24, 2.45) is 0 Å². The molecule has 0 aromatic heterocycles. The Morgan fingerprint density at radius 3 is 2.44 bits per heavy atom. The van der Waals surface area contributed by atoms with Crippen molar-refractivity contribution in [2.75, 3.05) is 18.9 Å². The maximum atomic E-state index is 12.7. The summed E-state index contributed by atoms with van der Waals surface area (Å²) in [5.41, 5.74) is 3.73. The maximum absolute atomic E-state index is 12.7. The van der Waals surface area contributed by atoms with Crippen molar-refractivity contribution in [3.8, 4) is 5.75 Å². The summed E-state index contributed by atoms with van der Waals surface area (Å²) in [6.45, 7) is 7.76. The van der Waals surface area contributed by atoms with Gasteiger partial charge in [0.2, 0.25) is 5.91 Å². The molecule has 1 fully saturated rings. The zero-order chi connectivity index (χ0) is 25.7. The molecule has 1 saturated heterocycles. The number of para-hydroxylation sites is 1. The molecule has 3 aromatic carbocycles. The van der Waals surface area contributed by atoms with E-state index in [1.165, 1.54) is 0 Å². The standard InChI is InChI=1S/C29H31ClN2O3S/c1-29(2,3)24-6-4-5-7-25(24)35-17-16-31-27(34)21-10-12-22(13-11-21)28-32(26(33)19-36-28)18-20-8-14-23(30)15-9-20/h4-15,28H,16-19H2,1-3H3,(H,31,34). The van der Waals surface area contributed by atoms with Gasteiger partial charge in [-0.05, 0) is 52.4 Å². The van der Waals surface area contributed by atoms with Crippen LogP contribution < -0.4 is 10.1 Å². The van der Waals surface area contributed by atoms with Crippen LogP contribution in [0.2, 0.25) is 5.02 Å². The molecule has 4 rings (SSSR count). The third-order valence-electron chi connectivity index (χ3n) is 6.03. The summed E-state index contributed by atoms with van der Waals surface area (Å²) in [5, 5.41) is 3.52. The van der Waals surface area contributed by atoms with E-state index in [0.717, 1.165) is 22.4 Å². The second kappa shape index (κ2) is 11.4. The number of carbonyl (C=O) groups excluding carboxylic acids is 2. The summed E-state index contributed by atoms with van der Waals surface area (Å²) in [7, 11) is 0. The van der Waals surface area contributed by atoms with Crippen LogP contribution in [0.3, 0.4) is 0 Å². The average molecular weight is 523 g/mol. The predicted molar refractivity (Wildman–Crippen MR) is 147 cm³/mol. The number of nitrogens with zero attached hydrogens (tertiary/aromatic N) is 1. The highest BCUT2D eigenvalue weighted by Crippen LogP contribution is 2.39. The van der Waals surface area contributed by atoms with E-state index in [9.17, 15) is 9.59 Å². The highest BCUT2D eigenvalue weighted by atomic mass is 35.5. The molecule has 1 unspecified atom stereocenters. The number of carbonyl (C=O) groups is 2. The molecule has 1 N–H and O–H groups in total. The van der Waals surface area contributed by atoms with E-state index in [0.29, 0.717) is 36.0 Å². The molecule has 2 amide bonds. The van der Waals surface area contributed by atoms with Gasteiger partial charge in [-0.25, -0.2) is 0 Å². The summed E-state index contributed by atoms with van der Waals surface area (Å²) < 4.78 is 5.95. The van der Waals surface area contributed by atoms with E-state index < -0.39 is 0 Å². The lowest BCUT2D eigenvalue weighted by Gasteiger charge is -2.24. The Kier molecular flexibility index (Phi) is 8.27. The number of nitrogens with one attached hydrogen (secondary N) is 1. The Morgan fingerprint density at radius 2 is 1.75 bits per heavy atom.